The van der Waals surface area contributed by atoms with E-state index in [0.29, 0.717) is 0 Å². The molecule has 234 valence electrons. The molecule has 1 N–H and O–H groups in total. The van der Waals surface area contributed by atoms with E-state index >= 15 is 0 Å². The monoisotopic (exact) mass is 612 g/mol. The summed E-state index contributed by atoms with van der Waals surface area (Å²) in [6.45, 7) is 4.23. The van der Waals surface area contributed by atoms with Crippen molar-refractivity contribution in [1.29, 1.82) is 0 Å². The first-order valence-electron chi connectivity index (χ1n) is 16.2. The second kappa shape index (κ2) is 20.3. The number of allylic oxidation sites excluding steroid dienone is 12. The Morgan fingerprint density at radius 3 is 1.98 bits per heavy atom. The lowest BCUT2D eigenvalue weighted by Gasteiger charge is -2.10. The van der Waals surface area contributed by atoms with Crippen LogP contribution in [0.1, 0.15) is 43.4 Å². The van der Waals surface area contributed by atoms with Crippen LogP contribution in [0.3, 0.4) is 0 Å². The normalized spacial score (nSPS) is 13.6. The Hall–Kier alpha value is -5.73. The molecule has 0 unspecified atom stereocenters. The number of nitrogens with one attached hydrogen (secondary N) is 1. The molecule has 0 spiro atoms. The average molecular weight is 613 g/mol. The third-order valence-corrected chi connectivity index (χ3v) is 7.22. The number of nitrogens with zero attached hydrogens (tertiary/aromatic N) is 1. The summed E-state index contributed by atoms with van der Waals surface area (Å²) < 4.78 is 0. The van der Waals surface area contributed by atoms with Gasteiger partial charge in [-0.1, -0.05) is 159 Å². The molecule has 0 aliphatic rings. The van der Waals surface area contributed by atoms with Crippen molar-refractivity contribution < 1.29 is 0 Å². The van der Waals surface area contributed by atoms with E-state index in [1.807, 2.05) is 61.9 Å². The number of anilines is 1. The quantitative estimate of drug-likeness (QED) is 0.105. The summed E-state index contributed by atoms with van der Waals surface area (Å²) in [5, 5.41) is 3.42. The van der Waals surface area contributed by atoms with Gasteiger partial charge in [-0.2, -0.15) is 0 Å². The van der Waals surface area contributed by atoms with Gasteiger partial charge < -0.3 is 5.32 Å². The summed E-state index contributed by atoms with van der Waals surface area (Å²) in [5.74, 6) is 0. The Bertz CT molecular complexity index is 1760. The lowest BCUT2D eigenvalue weighted by Crippen LogP contribution is -1.92. The first kappa shape index (κ1) is 34.1. The lowest BCUT2D eigenvalue weighted by atomic mass is 9.95. The number of hydrogen-bond acceptors (Lipinski definition) is 2. The highest BCUT2D eigenvalue weighted by atomic mass is 14.8. The van der Waals surface area contributed by atoms with Crippen LogP contribution in [0.4, 0.5) is 5.69 Å². The van der Waals surface area contributed by atoms with E-state index in [-0.39, 0.29) is 0 Å². The van der Waals surface area contributed by atoms with Crippen LogP contribution in [-0.4, -0.2) is 6.21 Å². The molecular weight excluding hydrogens is 569 g/mol. The number of para-hydroxylation sites is 1. The van der Waals surface area contributed by atoms with Gasteiger partial charge in [0.15, 0.2) is 0 Å². The van der Waals surface area contributed by atoms with Crippen molar-refractivity contribution in [1.82, 2.24) is 0 Å². The minimum absolute atomic E-state index is 0.999. The molecule has 0 bridgehead atoms. The van der Waals surface area contributed by atoms with Gasteiger partial charge in [-0.05, 0) is 88.8 Å². The Morgan fingerprint density at radius 1 is 0.681 bits per heavy atom. The molecular formula is C45H44N2. The molecule has 0 amide bonds. The molecule has 0 aliphatic heterocycles. The molecule has 0 atom stereocenters. The highest BCUT2D eigenvalue weighted by Crippen LogP contribution is 2.25. The Kier molecular flexibility index (Phi) is 14.8. The number of rotatable bonds is 15. The SMILES string of the molecule is C\C=C/C=C/C(=C/c1ccccc1)C(/C=C\c1ccccc1)=C(/C=C/N=C\C=C(/CCC)c1ccccc1)\C=C\Nc1ccccc1. The lowest BCUT2D eigenvalue weighted by molar-refractivity contribution is 0.974. The van der Waals surface area contributed by atoms with E-state index in [0.717, 1.165) is 46.4 Å². The molecule has 2 nitrogen and oxygen atoms in total. The third kappa shape index (κ3) is 12.3. The van der Waals surface area contributed by atoms with E-state index in [9.17, 15) is 0 Å². The van der Waals surface area contributed by atoms with E-state index in [4.69, 9.17) is 4.99 Å². The first-order valence-corrected chi connectivity index (χ1v) is 16.2. The van der Waals surface area contributed by atoms with Crippen LogP contribution in [0.5, 0.6) is 0 Å². The summed E-state index contributed by atoms with van der Waals surface area (Å²) in [5.41, 5.74) is 8.93. The maximum atomic E-state index is 4.70. The van der Waals surface area contributed by atoms with Crippen LogP contribution < -0.4 is 5.32 Å². The molecule has 0 heterocycles. The Morgan fingerprint density at radius 2 is 1.32 bits per heavy atom. The molecule has 0 aromatic heterocycles. The van der Waals surface area contributed by atoms with Crippen LogP contribution in [-0.2, 0) is 0 Å². The summed E-state index contributed by atoms with van der Waals surface area (Å²) in [6.07, 6.45) is 29.0. The highest BCUT2D eigenvalue weighted by molar-refractivity contribution is 5.85. The molecule has 0 saturated heterocycles. The van der Waals surface area contributed by atoms with Gasteiger partial charge in [-0.15, -0.1) is 0 Å². The molecule has 2 heteroatoms. The van der Waals surface area contributed by atoms with Crippen LogP contribution in [0.15, 0.2) is 204 Å². The zero-order valence-electron chi connectivity index (χ0n) is 27.4. The fraction of sp³-hybridized carbons (Fsp3) is 0.0889. The molecule has 4 aromatic rings. The molecule has 47 heavy (non-hydrogen) atoms. The Labute approximate surface area is 281 Å². The van der Waals surface area contributed by atoms with Crippen molar-refractivity contribution in [2.75, 3.05) is 5.32 Å². The minimum atomic E-state index is 0.999. The van der Waals surface area contributed by atoms with Gasteiger partial charge in [0, 0.05) is 24.3 Å². The minimum Gasteiger partial charge on any atom is -0.362 e. The molecule has 4 aromatic carbocycles. The van der Waals surface area contributed by atoms with Crippen molar-refractivity contribution in [2.24, 2.45) is 4.99 Å². The zero-order chi connectivity index (χ0) is 32.8. The van der Waals surface area contributed by atoms with Crippen LogP contribution in [0.2, 0.25) is 0 Å². The fourth-order valence-corrected chi connectivity index (χ4v) is 4.87. The Balaban J connectivity index is 1.82. The van der Waals surface area contributed by atoms with Gasteiger partial charge in [0.2, 0.25) is 0 Å². The van der Waals surface area contributed by atoms with Gasteiger partial charge in [-0.3, -0.25) is 4.99 Å². The van der Waals surface area contributed by atoms with E-state index in [1.165, 1.54) is 11.1 Å². The molecule has 0 fully saturated rings. The highest BCUT2D eigenvalue weighted by Gasteiger charge is 2.06. The molecule has 0 aliphatic carbocycles. The number of aliphatic imine (C=N–C) groups is 1. The van der Waals surface area contributed by atoms with Gasteiger partial charge in [-0.25, -0.2) is 0 Å². The van der Waals surface area contributed by atoms with E-state index in [1.54, 1.807) is 0 Å². The molecule has 0 radical (unpaired) electrons. The zero-order valence-corrected chi connectivity index (χ0v) is 27.4. The first-order chi connectivity index (χ1) is 23.3. The largest absolute Gasteiger partial charge is 0.362 e. The van der Waals surface area contributed by atoms with Gasteiger partial charge in [0.05, 0.1) is 0 Å². The third-order valence-electron chi connectivity index (χ3n) is 7.22. The topological polar surface area (TPSA) is 24.4 Å². The second-order valence-corrected chi connectivity index (χ2v) is 10.8. The predicted octanol–water partition coefficient (Wildman–Crippen LogP) is 12.3. The van der Waals surface area contributed by atoms with Gasteiger partial charge in [0.25, 0.3) is 0 Å². The fourth-order valence-electron chi connectivity index (χ4n) is 4.87. The van der Waals surface area contributed by atoms with Crippen LogP contribution >= 0.6 is 0 Å². The summed E-state index contributed by atoms with van der Waals surface area (Å²) in [6, 6.07) is 41.5. The maximum absolute atomic E-state index is 4.70. The van der Waals surface area contributed by atoms with Crippen molar-refractivity contribution in [2.45, 2.75) is 26.7 Å². The molecule has 4 rings (SSSR count). The van der Waals surface area contributed by atoms with Crippen molar-refractivity contribution in [3.05, 3.63) is 216 Å². The van der Waals surface area contributed by atoms with Crippen LogP contribution in [0.25, 0.3) is 17.7 Å². The van der Waals surface area contributed by atoms with Gasteiger partial charge in [0.1, 0.15) is 0 Å². The second-order valence-electron chi connectivity index (χ2n) is 10.8. The summed E-state index contributed by atoms with van der Waals surface area (Å²) in [7, 11) is 0. The van der Waals surface area contributed by atoms with Crippen molar-refractivity contribution in [3.8, 4) is 0 Å². The summed E-state index contributed by atoms with van der Waals surface area (Å²) >= 11 is 0. The van der Waals surface area contributed by atoms with E-state index in [2.05, 4.69) is 158 Å². The van der Waals surface area contributed by atoms with Crippen LogP contribution in [0, 0.1) is 0 Å². The smallest absolute Gasteiger partial charge is 0.0379 e. The standard InChI is InChI=1S/C45H44N2/c1-3-5-10-26-43(37-39-22-13-7-14-23-39)45(30-29-38-20-11-6-12-21-38)42(33-36-47-44-27-17-9-18-28-44)32-35-46-34-31-40(19-4-2)41-24-15-8-16-25-41/h3,5-18,20-37,47H,4,19H2,1-2H3/b5-3-,26-10+,30-29-,35-32+,36-33+,40-31+,43-37-,45-42-,46-34-. The van der Waals surface area contributed by atoms with Gasteiger partial charge >= 0.3 is 0 Å². The predicted molar refractivity (Wildman–Crippen MR) is 207 cm³/mol. The van der Waals surface area contributed by atoms with Crippen molar-refractivity contribution >= 4 is 29.6 Å². The summed E-state index contributed by atoms with van der Waals surface area (Å²) in [4.78, 5) is 4.70. The number of benzene rings is 4. The maximum Gasteiger partial charge on any atom is 0.0379 e. The average Bonchev–Trinajstić information content (AvgIpc) is 3.12. The number of hydrogen-bond donors (Lipinski definition) is 1. The van der Waals surface area contributed by atoms with Crippen molar-refractivity contribution in [3.63, 3.8) is 0 Å². The molecule has 0 saturated carbocycles. The van der Waals surface area contributed by atoms with E-state index < -0.39 is 0 Å².